The maximum Gasteiger partial charge on any atom is 0.408 e. The Morgan fingerprint density at radius 1 is 1.45 bits per heavy atom. The van der Waals surface area contributed by atoms with Gasteiger partial charge in [0.25, 0.3) is 0 Å². The maximum atomic E-state index is 11.7. The van der Waals surface area contributed by atoms with E-state index in [1.807, 2.05) is 5.38 Å². The molecule has 1 aromatic heterocycles. The van der Waals surface area contributed by atoms with Gasteiger partial charge in [0.15, 0.2) is 5.13 Å². The van der Waals surface area contributed by atoms with Crippen molar-refractivity contribution in [1.82, 2.24) is 10.3 Å². The highest BCUT2D eigenvalue weighted by Gasteiger charge is 2.24. The van der Waals surface area contributed by atoms with Crippen molar-refractivity contribution in [2.75, 3.05) is 18.0 Å². The molecule has 2 rings (SSSR count). The highest BCUT2D eigenvalue weighted by Crippen LogP contribution is 2.24. The Balaban J connectivity index is 1.82. The Hall–Kier alpha value is -1.83. The molecule has 0 aliphatic carbocycles. The van der Waals surface area contributed by atoms with E-state index in [2.05, 4.69) is 15.2 Å². The van der Waals surface area contributed by atoms with Gasteiger partial charge in [-0.05, 0) is 18.8 Å². The highest BCUT2D eigenvalue weighted by molar-refractivity contribution is 7.13. The number of carboxylic acid groups (broad SMARTS) is 1. The number of rotatable bonds is 6. The van der Waals surface area contributed by atoms with Crippen LogP contribution in [-0.4, -0.2) is 41.3 Å². The number of aliphatic carboxylic acids is 1. The first-order valence-corrected chi connectivity index (χ1v) is 8.21. The first kappa shape index (κ1) is 16.5. The topological polar surface area (TPSA) is 91.8 Å². The number of thiazole rings is 1. The molecule has 2 N–H and O–H groups in total. The number of nitrogens with one attached hydrogen (secondary N) is 1. The zero-order valence-corrected chi connectivity index (χ0v) is 13.6. The van der Waals surface area contributed by atoms with Gasteiger partial charge in [0.2, 0.25) is 0 Å². The van der Waals surface area contributed by atoms with E-state index >= 15 is 0 Å². The summed E-state index contributed by atoms with van der Waals surface area (Å²) in [5, 5.41) is 14.2. The second-order valence-electron chi connectivity index (χ2n) is 5.60. The van der Waals surface area contributed by atoms with Crippen molar-refractivity contribution in [1.29, 1.82) is 0 Å². The summed E-state index contributed by atoms with van der Waals surface area (Å²) in [5.41, 5.74) is 0.679. The number of anilines is 1. The van der Waals surface area contributed by atoms with Gasteiger partial charge in [-0.25, -0.2) is 14.6 Å². The zero-order valence-electron chi connectivity index (χ0n) is 12.7. The lowest BCUT2D eigenvalue weighted by molar-refractivity contribution is -0.140. The quantitative estimate of drug-likeness (QED) is 0.831. The fourth-order valence-corrected chi connectivity index (χ4v) is 3.10. The summed E-state index contributed by atoms with van der Waals surface area (Å²) in [6.07, 6.45) is 1.62. The van der Waals surface area contributed by atoms with Crippen molar-refractivity contribution < 1.29 is 19.4 Å². The summed E-state index contributed by atoms with van der Waals surface area (Å²) in [7, 11) is 0. The lowest BCUT2D eigenvalue weighted by Gasteiger charge is -2.17. The third-order valence-electron chi connectivity index (χ3n) is 3.47. The first-order chi connectivity index (χ1) is 10.5. The number of hydrogen-bond acceptors (Lipinski definition) is 6. The van der Waals surface area contributed by atoms with Gasteiger partial charge in [0.05, 0.1) is 5.69 Å². The monoisotopic (exact) mass is 327 g/mol. The van der Waals surface area contributed by atoms with Crippen LogP contribution < -0.4 is 10.2 Å². The number of carbonyl (C=O) groups is 2. The Kier molecular flexibility index (Phi) is 5.59. The molecular formula is C14H21N3O4S. The van der Waals surface area contributed by atoms with Gasteiger partial charge in [-0.15, -0.1) is 11.3 Å². The van der Waals surface area contributed by atoms with Crippen molar-refractivity contribution in [2.45, 2.75) is 39.3 Å². The number of nitrogens with zero attached hydrogens (tertiary/aromatic N) is 2. The van der Waals surface area contributed by atoms with Crippen LogP contribution in [0.2, 0.25) is 0 Å². The molecule has 8 heteroatoms. The summed E-state index contributed by atoms with van der Waals surface area (Å²) >= 11 is 1.53. The summed E-state index contributed by atoms with van der Waals surface area (Å²) in [4.78, 5) is 29.3. The largest absolute Gasteiger partial charge is 0.480 e. The smallest absolute Gasteiger partial charge is 0.408 e. The maximum absolute atomic E-state index is 11.7. The van der Waals surface area contributed by atoms with E-state index in [0.717, 1.165) is 18.2 Å². The average molecular weight is 327 g/mol. The molecule has 1 atom stereocenters. The molecule has 1 amide bonds. The van der Waals surface area contributed by atoms with Gasteiger partial charge in [0.1, 0.15) is 12.6 Å². The minimum atomic E-state index is -1.07. The lowest BCUT2D eigenvalue weighted by Crippen LogP contribution is -2.44. The summed E-state index contributed by atoms with van der Waals surface area (Å²) in [6, 6.07) is -0.955. The van der Waals surface area contributed by atoms with Crippen LogP contribution in [0.1, 0.15) is 32.4 Å². The van der Waals surface area contributed by atoms with E-state index in [0.29, 0.717) is 5.69 Å². The number of carbonyl (C=O) groups excluding carboxylic acids is 1. The highest BCUT2D eigenvalue weighted by atomic mass is 32.1. The number of aromatic nitrogens is 1. The van der Waals surface area contributed by atoms with Crippen LogP contribution in [0.25, 0.3) is 0 Å². The fourth-order valence-electron chi connectivity index (χ4n) is 2.24. The second-order valence-corrected chi connectivity index (χ2v) is 6.43. The van der Waals surface area contributed by atoms with E-state index in [1.54, 1.807) is 13.8 Å². The van der Waals surface area contributed by atoms with Crippen LogP contribution in [0, 0.1) is 5.92 Å². The minimum absolute atomic E-state index is 0.0423. The average Bonchev–Trinajstić information content (AvgIpc) is 3.12. The number of alkyl carbamates (subject to hydrolysis) is 1. The third kappa shape index (κ3) is 4.33. The molecule has 0 aromatic carbocycles. The Morgan fingerprint density at radius 2 is 2.14 bits per heavy atom. The molecule has 0 unspecified atom stereocenters. The predicted molar refractivity (Wildman–Crippen MR) is 83.1 cm³/mol. The van der Waals surface area contributed by atoms with E-state index in [-0.39, 0.29) is 12.5 Å². The van der Waals surface area contributed by atoms with E-state index < -0.39 is 18.1 Å². The lowest BCUT2D eigenvalue weighted by atomic mass is 10.1. The third-order valence-corrected chi connectivity index (χ3v) is 4.42. The molecule has 2 heterocycles. The number of ether oxygens (including phenoxy) is 1. The molecule has 0 spiro atoms. The van der Waals surface area contributed by atoms with Crippen molar-refractivity contribution in [3.05, 3.63) is 11.1 Å². The first-order valence-electron chi connectivity index (χ1n) is 7.33. The van der Waals surface area contributed by atoms with Crippen LogP contribution in [0.4, 0.5) is 9.93 Å². The number of amides is 1. The van der Waals surface area contributed by atoms with Crippen LogP contribution in [0.5, 0.6) is 0 Å². The van der Waals surface area contributed by atoms with E-state index in [9.17, 15) is 9.59 Å². The van der Waals surface area contributed by atoms with Crippen LogP contribution >= 0.6 is 11.3 Å². The minimum Gasteiger partial charge on any atom is -0.480 e. The standard InChI is InChI=1S/C14H21N3O4S/c1-9(2)11(12(18)19)16-14(20)21-7-10-8-22-13(15-10)17-5-3-4-6-17/h8-9,11H,3-7H2,1-2H3,(H,16,20)(H,18,19)/t11-/m0/s1. The van der Waals surface area contributed by atoms with Crippen molar-refractivity contribution in [3.8, 4) is 0 Å². The van der Waals surface area contributed by atoms with Crippen molar-refractivity contribution in [3.63, 3.8) is 0 Å². The molecule has 22 heavy (non-hydrogen) atoms. The second kappa shape index (κ2) is 7.44. The van der Waals surface area contributed by atoms with Gasteiger partial charge in [-0.3, -0.25) is 0 Å². The van der Waals surface area contributed by atoms with Crippen molar-refractivity contribution in [2.24, 2.45) is 5.92 Å². The molecule has 1 aromatic rings. The molecule has 0 saturated carbocycles. The van der Waals surface area contributed by atoms with Crippen LogP contribution in [0.3, 0.4) is 0 Å². The van der Waals surface area contributed by atoms with Gasteiger partial charge >= 0.3 is 12.1 Å². The molecule has 1 aliphatic heterocycles. The van der Waals surface area contributed by atoms with Gasteiger partial charge in [0, 0.05) is 18.5 Å². The summed E-state index contributed by atoms with van der Waals surface area (Å²) in [6.45, 7) is 5.52. The fraction of sp³-hybridized carbons (Fsp3) is 0.643. The Labute approximate surface area is 133 Å². The predicted octanol–water partition coefficient (Wildman–Crippen LogP) is 2.08. The molecule has 0 radical (unpaired) electrons. The molecule has 0 bridgehead atoms. The molecular weight excluding hydrogens is 306 g/mol. The SMILES string of the molecule is CC(C)[C@H](NC(=O)OCc1csc(N2CCCC2)n1)C(=O)O. The van der Waals surface area contributed by atoms with E-state index in [1.165, 1.54) is 24.2 Å². The number of hydrogen-bond donors (Lipinski definition) is 2. The Morgan fingerprint density at radius 3 is 2.73 bits per heavy atom. The normalized spacial score (nSPS) is 15.9. The molecule has 1 aliphatic rings. The van der Waals surface area contributed by atoms with Gasteiger partial charge in [-0.2, -0.15) is 0 Å². The van der Waals surface area contributed by atoms with E-state index in [4.69, 9.17) is 9.84 Å². The van der Waals surface area contributed by atoms with Crippen molar-refractivity contribution >= 4 is 28.5 Å². The van der Waals surface area contributed by atoms with Gasteiger partial charge < -0.3 is 20.1 Å². The van der Waals surface area contributed by atoms with Crippen LogP contribution in [-0.2, 0) is 16.1 Å². The van der Waals surface area contributed by atoms with Crippen LogP contribution in [0.15, 0.2) is 5.38 Å². The molecule has 7 nitrogen and oxygen atoms in total. The summed E-state index contributed by atoms with van der Waals surface area (Å²) in [5.74, 6) is -1.29. The molecule has 122 valence electrons. The van der Waals surface area contributed by atoms with Gasteiger partial charge in [-0.1, -0.05) is 13.8 Å². The molecule has 1 saturated heterocycles. The number of carboxylic acids is 1. The Bertz CT molecular complexity index is 526. The zero-order chi connectivity index (χ0) is 16.1. The summed E-state index contributed by atoms with van der Waals surface area (Å²) < 4.78 is 5.05. The molecule has 1 fully saturated rings.